The maximum absolute atomic E-state index is 11.9. The second-order valence-corrected chi connectivity index (χ2v) is 4.88. The van der Waals surface area contributed by atoms with Crippen molar-refractivity contribution in [3.8, 4) is 0 Å². The van der Waals surface area contributed by atoms with Gasteiger partial charge in [0.05, 0.1) is 10.6 Å². The molecule has 3 nitrogen and oxygen atoms in total. The number of para-hydroxylation sites is 1. The van der Waals surface area contributed by atoms with E-state index in [9.17, 15) is 8.42 Å². The van der Waals surface area contributed by atoms with Crippen molar-refractivity contribution in [2.24, 2.45) is 0 Å². The number of rotatable bonds is 3. The molecule has 0 aliphatic heterocycles. The molecule has 0 spiro atoms. The van der Waals surface area contributed by atoms with Crippen LogP contribution in [0.4, 0.5) is 5.69 Å². The van der Waals surface area contributed by atoms with E-state index in [0.29, 0.717) is 5.69 Å². The maximum Gasteiger partial charge on any atom is 0.261 e. The molecule has 1 radical (unpaired) electrons. The van der Waals surface area contributed by atoms with Crippen molar-refractivity contribution < 1.29 is 8.42 Å². The summed E-state index contributed by atoms with van der Waals surface area (Å²) in [5.41, 5.74) is 0.436. The Morgan fingerprint density at radius 3 is 2.25 bits per heavy atom. The van der Waals surface area contributed by atoms with Gasteiger partial charge in [-0.05, 0) is 18.2 Å². The molecule has 16 heavy (non-hydrogen) atoms. The predicted molar refractivity (Wildman–Crippen MR) is 62.5 cm³/mol. The zero-order chi connectivity index (χ0) is 11.4. The summed E-state index contributed by atoms with van der Waals surface area (Å²) in [6.45, 7) is 0. The predicted octanol–water partition coefficient (Wildman–Crippen LogP) is 2.29. The van der Waals surface area contributed by atoms with E-state index in [0.717, 1.165) is 0 Å². The zero-order valence-corrected chi connectivity index (χ0v) is 9.24. The van der Waals surface area contributed by atoms with Crippen LogP contribution in [0, 0.1) is 6.07 Å². The van der Waals surface area contributed by atoms with Crippen LogP contribution in [0.25, 0.3) is 0 Å². The fourth-order valence-electron chi connectivity index (χ4n) is 1.26. The summed E-state index contributed by atoms with van der Waals surface area (Å²) in [5, 5.41) is 0. The van der Waals surface area contributed by atoms with Crippen LogP contribution in [0.5, 0.6) is 0 Å². The van der Waals surface area contributed by atoms with Crippen LogP contribution < -0.4 is 4.72 Å². The maximum atomic E-state index is 11.9. The van der Waals surface area contributed by atoms with Crippen molar-refractivity contribution in [3.05, 3.63) is 60.7 Å². The fourth-order valence-corrected chi connectivity index (χ4v) is 2.31. The van der Waals surface area contributed by atoms with Crippen LogP contribution in [-0.4, -0.2) is 8.42 Å². The van der Waals surface area contributed by atoms with E-state index in [1.807, 2.05) is 0 Å². The third kappa shape index (κ3) is 2.41. The number of anilines is 1. The first-order valence-electron chi connectivity index (χ1n) is 4.73. The fraction of sp³-hybridized carbons (Fsp3) is 0. The second kappa shape index (κ2) is 4.37. The van der Waals surface area contributed by atoms with Crippen molar-refractivity contribution in [2.75, 3.05) is 4.72 Å². The van der Waals surface area contributed by atoms with Gasteiger partial charge in [-0.3, -0.25) is 4.72 Å². The van der Waals surface area contributed by atoms with Gasteiger partial charge in [0.25, 0.3) is 10.0 Å². The lowest BCUT2D eigenvalue weighted by molar-refractivity contribution is 0.601. The van der Waals surface area contributed by atoms with Gasteiger partial charge in [-0.25, -0.2) is 8.42 Å². The van der Waals surface area contributed by atoms with Crippen LogP contribution >= 0.6 is 0 Å². The van der Waals surface area contributed by atoms with Gasteiger partial charge < -0.3 is 0 Å². The zero-order valence-electron chi connectivity index (χ0n) is 8.42. The minimum Gasteiger partial charge on any atom is -0.279 e. The molecule has 4 heteroatoms. The quantitative estimate of drug-likeness (QED) is 0.882. The molecule has 0 fully saturated rings. The van der Waals surface area contributed by atoms with Crippen molar-refractivity contribution in [2.45, 2.75) is 4.90 Å². The summed E-state index contributed by atoms with van der Waals surface area (Å²) >= 11 is 0. The van der Waals surface area contributed by atoms with Crippen LogP contribution in [0.2, 0.25) is 0 Å². The van der Waals surface area contributed by atoms with Crippen molar-refractivity contribution in [1.29, 1.82) is 0 Å². The molecule has 0 saturated heterocycles. The minimum atomic E-state index is -3.49. The van der Waals surface area contributed by atoms with Crippen LogP contribution in [0.15, 0.2) is 59.5 Å². The highest BCUT2D eigenvalue weighted by Gasteiger charge is 2.12. The highest BCUT2D eigenvalue weighted by atomic mass is 32.2. The first-order chi connectivity index (χ1) is 7.68. The van der Waals surface area contributed by atoms with Crippen LogP contribution in [0.1, 0.15) is 0 Å². The average molecular weight is 232 g/mol. The van der Waals surface area contributed by atoms with E-state index >= 15 is 0 Å². The molecule has 2 aromatic rings. The molecular formula is C12H10NO2S. The lowest BCUT2D eigenvalue weighted by Gasteiger charge is -2.06. The van der Waals surface area contributed by atoms with E-state index in [2.05, 4.69) is 10.8 Å². The molecule has 0 aliphatic rings. The van der Waals surface area contributed by atoms with E-state index in [4.69, 9.17) is 0 Å². The minimum absolute atomic E-state index is 0.243. The molecule has 1 N–H and O–H groups in total. The number of sulfonamides is 1. The van der Waals surface area contributed by atoms with E-state index in [-0.39, 0.29) is 4.90 Å². The summed E-state index contributed by atoms with van der Waals surface area (Å²) < 4.78 is 26.2. The highest BCUT2D eigenvalue weighted by Crippen LogP contribution is 2.14. The van der Waals surface area contributed by atoms with Gasteiger partial charge in [-0.2, -0.15) is 0 Å². The number of benzene rings is 2. The molecule has 2 aromatic carbocycles. The molecule has 0 bridgehead atoms. The van der Waals surface area contributed by atoms with Gasteiger partial charge >= 0.3 is 0 Å². The van der Waals surface area contributed by atoms with Crippen LogP contribution in [-0.2, 0) is 10.0 Å². The summed E-state index contributed by atoms with van der Waals surface area (Å²) in [7, 11) is -3.49. The smallest absolute Gasteiger partial charge is 0.261 e. The Bertz CT molecular complexity index is 550. The summed E-state index contributed by atoms with van der Waals surface area (Å²) in [6.07, 6.45) is 0. The third-order valence-corrected chi connectivity index (χ3v) is 3.39. The first-order valence-corrected chi connectivity index (χ1v) is 6.21. The van der Waals surface area contributed by atoms with Crippen molar-refractivity contribution in [1.82, 2.24) is 0 Å². The lowest BCUT2D eigenvalue weighted by Crippen LogP contribution is -2.12. The number of hydrogen-bond donors (Lipinski definition) is 1. The largest absolute Gasteiger partial charge is 0.279 e. The molecule has 0 heterocycles. The topological polar surface area (TPSA) is 46.2 Å². The molecular weight excluding hydrogens is 222 g/mol. The normalized spacial score (nSPS) is 11.0. The molecule has 2 rings (SSSR count). The Hall–Kier alpha value is -1.81. The SMILES string of the molecule is O=S(=O)(Nc1[c]cccc1)c1ccccc1. The molecule has 0 atom stereocenters. The van der Waals surface area contributed by atoms with Gasteiger partial charge in [0.2, 0.25) is 0 Å². The number of nitrogens with one attached hydrogen (secondary N) is 1. The molecule has 0 aliphatic carbocycles. The standard InChI is InChI=1S/C12H10NO2S/c14-16(15,12-9-5-2-6-10-12)13-11-7-3-1-4-8-11/h1-7,9-10,13H. The Morgan fingerprint density at radius 2 is 1.62 bits per heavy atom. The summed E-state index contributed by atoms with van der Waals surface area (Å²) in [5.74, 6) is 0. The average Bonchev–Trinajstić information content (AvgIpc) is 2.31. The Labute approximate surface area is 94.8 Å². The van der Waals surface area contributed by atoms with E-state index < -0.39 is 10.0 Å². The molecule has 0 aromatic heterocycles. The Kier molecular flexibility index (Phi) is 2.92. The first kappa shape index (κ1) is 10.7. The van der Waals surface area contributed by atoms with Gasteiger partial charge in [-0.15, -0.1) is 0 Å². The van der Waals surface area contributed by atoms with Crippen molar-refractivity contribution in [3.63, 3.8) is 0 Å². The van der Waals surface area contributed by atoms with Gasteiger partial charge in [0.1, 0.15) is 0 Å². The number of hydrogen-bond acceptors (Lipinski definition) is 2. The molecule has 0 saturated carbocycles. The Balaban J connectivity index is 2.29. The van der Waals surface area contributed by atoms with Gasteiger partial charge in [-0.1, -0.05) is 36.4 Å². The third-order valence-electron chi connectivity index (χ3n) is 2.01. The van der Waals surface area contributed by atoms with Crippen molar-refractivity contribution >= 4 is 15.7 Å². The summed E-state index contributed by atoms with van der Waals surface area (Å²) in [6, 6.07) is 17.9. The monoisotopic (exact) mass is 232 g/mol. The highest BCUT2D eigenvalue weighted by molar-refractivity contribution is 7.92. The van der Waals surface area contributed by atoms with Crippen LogP contribution in [0.3, 0.4) is 0 Å². The molecule has 81 valence electrons. The lowest BCUT2D eigenvalue weighted by atomic mass is 10.3. The summed E-state index contributed by atoms with van der Waals surface area (Å²) in [4.78, 5) is 0.243. The van der Waals surface area contributed by atoms with Gasteiger partial charge in [0.15, 0.2) is 0 Å². The molecule has 0 amide bonds. The van der Waals surface area contributed by atoms with E-state index in [1.165, 1.54) is 0 Å². The van der Waals surface area contributed by atoms with Gasteiger partial charge in [0, 0.05) is 6.07 Å². The Morgan fingerprint density at radius 1 is 0.938 bits per heavy atom. The second-order valence-electron chi connectivity index (χ2n) is 3.19. The molecule has 0 unspecified atom stereocenters. The van der Waals surface area contributed by atoms with E-state index in [1.54, 1.807) is 54.6 Å².